The molecule has 0 unspecified atom stereocenters. The van der Waals surface area contributed by atoms with Crippen LogP contribution in [-0.2, 0) is 0 Å². The quantitative estimate of drug-likeness (QED) is 0.506. The largest absolute Gasteiger partial charge is 0.376 e. The Balaban J connectivity index is 2.16. The fourth-order valence-electron chi connectivity index (χ4n) is 1.87. The van der Waals surface area contributed by atoms with E-state index in [-0.39, 0.29) is 10.2 Å². The molecule has 102 valence electrons. The Kier molecular flexibility index (Phi) is 4.49. The van der Waals surface area contributed by atoms with E-state index in [1.807, 2.05) is 0 Å². The number of rotatable bonds is 4. The highest BCUT2D eigenvalue weighted by Crippen LogP contribution is 2.30. The van der Waals surface area contributed by atoms with Gasteiger partial charge in [0.25, 0.3) is 5.69 Å². The van der Waals surface area contributed by atoms with Gasteiger partial charge in [0.15, 0.2) is 0 Å². The van der Waals surface area contributed by atoms with Crippen molar-refractivity contribution in [2.45, 2.75) is 6.42 Å². The summed E-state index contributed by atoms with van der Waals surface area (Å²) in [6, 6.07) is 2.32. The molecule has 1 heterocycles. The third kappa shape index (κ3) is 3.51. The molecule has 0 saturated carbocycles. The van der Waals surface area contributed by atoms with Gasteiger partial charge in [0.1, 0.15) is 11.5 Å². The monoisotopic (exact) mass is 329 g/mol. The molecule has 2 N–H and O–H groups in total. The van der Waals surface area contributed by atoms with Crippen LogP contribution in [0.25, 0.3) is 0 Å². The Labute approximate surface area is 118 Å². The molecule has 1 aliphatic rings. The number of nitro benzene ring substituents is 1. The average molecular weight is 330 g/mol. The molecule has 1 aliphatic heterocycles. The van der Waals surface area contributed by atoms with Gasteiger partial charge in [-0.25, -0.2) is 4.39 Å². The SMILES string of the molecule is O=[N+]([O-])c1cc(F)c(Br)cc1NCC1=CCNCC1. The van der Waals surface area contributed by atoms with Crippen molar-refractivity contribution in [3.05, 3.63) is 44.2 Å². The lowest BCUT2D eigenvalue weighted by molar-refractivity contribution is -0.384. The van der Waals surface area contributed by atoms with Crippen LogP contribution in [0.2, 0.25) is 0 Å². The minimum absolute atomic E-state index is 0.208. The van der Waals surface area contributed by atoms with Gasteiger partial charge in [-0.05, 0) is 35.0 Å². The van der Waals surface area contributed by atoms with E-state index in [1.54, 1.807) is 0 Å². The fraction of sp³-hybridized carbons (Fsp3) is 0.333. The van der Waals surface area contributed by atoms with Crippen LogP contribution in [0.5, 0.6) is 0 Å². The molecule has 0 saturated heterocycles. The van der Waals surface area contributed by atoms with Gasteiger partial charge >= 0.3 is 0 Å². The summed E-state index contributed by atoms with van der Waals surface area (Å²) >= 11 is 3.03. The highest BCUT2D eigenvalue weighted by molar-refractivity contribution is 9.10. The number of nitrogens with one attached hydrogen (secondary N) is 2. The maximum Gasteiger partial charge on any atom is 0.295 e. The van der Waals surface area contributed by atoms with Crippen molar-refractivity contribution in [2.75, 3.05) is 25.0 Å². The fourth-order valence-corrected chi connectivity index (χ4v) is 2.21. The number of nitrogens with zero attached hydrogens (tertiary/aromatic N) is 1. The second-order valence-electron chi connectivity index (χ2n) is 4.21. The molecule has 7 heteroatoms. The first-order chi connectivity index (χ1) is 9.08. The minimum atomic E-state index is -0.640. The van der Waals surface area contributed by atoms with Crippen molar-refractivity contribution in [1.82, 2.24) is 5.32 Å². The Morgan fingerprint density at radius 2 is 2.32 bits per heavy atom. The van der Waals surface area contributed by atoms with Crippen LogP contribution in [0.3, 0.4) is 0 Å². The molecule has 0 aliphatic carbocycles. The summed E-state index contributed by atoms with van der Waals surface area (Å²) in [6.45, 7) is 2.25. The lowest BCUT2D eigenvalue weighted by atomic mass is 10.1. The zero-order chi connectivity index (χ0) is 13.8. The molecule has 1 aromatic carbocycles. The van der Waals surface area contributed by atoms with Crippen molar-refractivity contribution in [1.29, 1.82) is 0 Å². The van der Waals surface area contributed by atoms with E-state index in [0.29, 0.717) is 12.2 Å². The van der Waals surface area contributed by atoms with Crippen LogP contribution in [-0.4, -0.2) is 24.6 Å². The Morgan fingerprint density at radius 3 is 2.95 bits per heavy atom. The molecule has 0 amide bonds. The summed E-state index contributed by atoms with van der Waals surface area (Å²) in [7, 11) is 0. The van der Waals surface area contributed by atoms with Gasteiger partial charge in [0.05, 0.1) is 15.5 Å². The highest BCUT2D eigenvalue weighted by Gasteiger charge is 2.17. The second-order valence-corrected chi connectivity index (χ2v) is 5.06. The summed E-state index contributed by atoms with van der Waals surface area (Å²) in [4.78, 5) is 10.3. The predicted octanol–water partition coefficient (Wildman–Crippen LogP) is 2.83. The molecule has 1 aromatic rings. The van der Waals surface area contributed by atoms with Crippen LogP contribution in [0.1, 0.15) is 6.42 Å². The van der Waals surface area contributed by atoms with E-state index in [2.05, 4.69) is 32.6 Å². The van der Waals surface area contributed by atoms with Crippen molar-refractivity contribution < 1.29 is 9.31 Å². The van der Waals surface area contributed by atoms with E-state index in [4.69, 9.17) is 0 Å². The zero-order valence-electron chi connectivity index (χ0n) is 10.1. The van der Waals surface area contributed by atoms with Gasteiger partial charge in [0, 0.05) is 13.1 Å². The Bertz CT molecular complexity index is 534. The molecule has 0 fully saturated rings. The third-order valence-corrected chi connectivity index (χ3v) is 3.51. The van der Waals surface area contributed by atoms with E-state index >= 15 is 0 Å². The van der Waals surface area contributed by atoms with E-state index in [9.17, 15) is 14.5 Å². The summed E-state index contributed by atoms with van der Waals surface area (Å²) in [5.74, 6) is -0.640. The summed E-state index contributed by atoms with van der Waals surface area (Å²) in [5, 5.41) is 17.1. The number of hydrogen-bond donors (Lipinski definition) is 2. The van der Waals surface area contributed by atoms with Crippen molar-refractivity contribution >= 4 is 27.3 Å². The first kappa shape index (κ1) is 14.0. The molecule has 19 heavy (non-hydrogen) atoms. The van der Waals surface area contributed by atoms with Gasteiger partial charge in [-0.3, -0.25) is 10.1 Å². The molecule has 0 radical (unpaired) electrons. The van der Waals surface area contributed by atoms with Gasteiger partial charge in [-0.15, -0.1) is 0 Å². The normalized spacial score (nSPS) is 14.9. The van der Waals surface area contributed by atoms with Crippen molar-refractivity contribution in [2.24, 2.45) is 0 Å². The molecule has 2 rings (SSSR count). The lowest BCUT2D eigenvalue weighted by Crippen LogP contribution is -2.23. The molecule has 0 bridgehead atoms. The lowest BCUT2D eigenvalue weighted by Gasteiger charge is -2.15. The average Bonchev–Trinajstić information content (AvgIpc) is 2.40. The van der Waals surface area contributed by atoms with Gasteiger partial charge in [0.2, 0.25) is 0 Å². The van der Waals surface area contributed by atoms with Crippen molar-refractivity contribution in [3.8, 4) is 0 Å². The first-order valence-corrected chi connectivity index (χ1v) is 6.63. The highest BCUT2D eigenvalue weighted by atomic mass is 79.9. The van der Waals surface area contributed by atoms with E-state index < -0.39 is 10.7 Å². The third-order valence-electron chi connectivity index (χ3n) is 2.90. The number of benzene rings is 1. The van der Waals surface area contributed by atoms with Crippen LogP contribution in [0.4, 0.5) is 15.8 Å². The zero-order valence-corrected chi connectivity index (χ0v) is 11.7. The van der Waals surface area contributed by atoms with Crippen LogP contribution in [0.15, 0.2) is 28.3 Å². The number of halogens is 2. The number of nitro groups is 1. The topological polar surface area (TPSA) is 67.2 Å². The van der Waals surface area contributed by atoms with Crippen molar-refractivity contribution in [3.63, 3.8) is 0 Å². The first-order valence-electron chi connectivity index (χ1n) is 5.84. The molecule has 0 atom stereocenters. The van der Waals surface area contributed by atoms with Crippen LogP contribution >= 0.6 is 15.9 Å². The molecular weight excluding hydrogens is 317 g/mol. The van der Waals surface area contributed by atoms with Gasteiger partial charge < -0.3 is 10.6 Å². The molecule has 0 aromatic heterocycles. The van der Waals surface area contributed by atoms with Gasteiger partial charge in [-0.1, -0.05) is 11.6 Å². The summed E-state index contributed by atoms with van der Waals surface area (Å²) in [6.07, 6.45) is 2.96. The Morgan fingerprint density at radius 1 is 1.53 bits per heavy atom. The number of anilines is 1. The standard InChI is InChI=1S/C12H13BrFN3O2/c13-9-5-11(12(17(18)19)6-10(9)14)16-7-8-1-3-15-4-2-8/h1,5-6,15-16H,2-4,7H2. The van der Waals surface area contributed by atoms with Gasteiger partial charge in [-0.2, -0.15) is 0 Å². The second kappa shape index (κ2) is 6.12. The smallest absolute Gasteiger partial charge is 0.295 e. The van der Waals surface area contributed by atoms with Crippen LogP contribution < -0.4 is 10.6 Å². The van der Waals surface area contributed by atoms with Crippen LogP contribution in [0, 0.1) is 15.9 Å². The predicted molar refractivity (Wildman–Crippen MR) is 74.8 cm³/mol. The number of hydrogen-bond acceptors (Lipinski definition) is 4. The molecular formula is C12H13BrFN3O2. The molecule has 0 spiro atoms. The Hall–Kier alpha value is -1.47. The maximum absolute atomic E-state index is 13.3. The summed E-state index contributed by atoms with van der Waals surface area (Å²) < 4.78 is 13.5. The van der Waals surface area contributed by atoms with E-state index in [1.165, 1.54) is 11.6 Å². The molecule has 5 nitrogen and oxygen atoms in total. The summed E-state index contributed by atoms with van der Waals surface area (Å²) in [5.41, 5.74) is 1.25. The minimum Gasteiger partial charge on any atom is -0.376 e. The van der Waals surface area contributed by atoms with E-state index in [0.717, 1.165) is 25.6 Å². The maximum atomic E-state index is 13.3.